The van der Waals surface area contributed by atoms with Gasteiger partial charge in [0.2, 0.25) is 5.78 Å². The molecule has 3 nitrogen and oxygen atoms in total. The highest BCUT2D eigenvalue weighted by Crippen LogP contribution is 2.18. The zero-order chi connectivity index (χ0) is 9.97. The third kappa shape index (κ3) is 1.86. The van der Waals surface area contributed by atoms with Crippen molar-refractivity contribution in [2.45, 2.75) is 6.04 Å². The maximum absolute atomic E-state index is 11.9. The molecule has 0 bridgehead atoms. The quantitative estimate of drug-likeness (QED) is 0.694. The molecule has 1 aliphatic heterocycles. The minimum Gasteiger partial charge on any atom is -0.461 e. The van der Waals surface area contributed by atoms with E-state index >= 15 is 0 Å². The van der Waals surface area contributed by atoms with Crippen LogP contribution in [0.25, 0.3) is 0 Å². The molecule has 76 valence electrons. The number of likely N-dealkylation sites (N-methyl/N-ethyl adjacent to an activating group) is 1. The molecule has 1 aromatic heterocycles. The third-order valence-corrected chi connectivity index (χ3v) is 3.49. The molecule has 1 aliphatic rings. The molecule has 0 spiro atoms. The Morgan fingerprint density at radius 3 is 3.21 bits per heavy atom. The van der Waals surface area contributed by atoms with Crippen molar-refractivity contribution in [3.63, 3.8) is 0 Å². The van der Waals surface area contributed by atoms with E-state index < -0.39 is 0 Å². The molecule has 1 saturated heterocycles. The van der Waals surface area contributed by atoms with Crippen molar-refractivity contribution in [1.82, 2.24) is 4.90 Å². The number of hydrogen-bond acceptors (Lipinski definition) is 4. The molecule has 1 aromatic rings. The van der Waals surface area contributed by atoms with E-state index in [1.54, 1.807) is 18.4 Å². The summed E-state index contributed by atoms with van der Waals surface area (Å²) in [5.74, 6) is 2.56. The summed E-state index contributed by atoms with van der Waals surface area (Å²) in [6.45, 7) is 0.974. The van der Waals surface area contributed by atoms with Crippen molar-refractivity contribution in [3.8, 4) is 0 Å². The molecule has 1 atom stereocenters. The Bertz CT molecular complexity index is 310. The second kappa shape index (κ2) is 4.19. The van der Waals surface area contributed by atoms with E-state index in [2.05, 4.69) is 4.90 Å². The molecule has 4 heteroatoms. The SMILES string of the molecule is CN1CCSCC1C(=O)c1ccco1. The fourth-order valence-electron chi connectivity index (χ4n) is 1.55. The number of carbonyl (C=O) groups is 1. The van der Waals surface area contributed by atoms with Gasteiger partial charge in [-0.1, -0.05) is 0 Å². The van der Waals surface area contributed by atoms with Gasteiger partial charge >= 0.3 is 0 Å². The minimum absolute atomic E-state index is 0.0140. The van der Waals surface area contributed by atoms with Crippen LogP contribution in [0.4, 0.5) is 0 Å². The van der Waals surface area contributed by atoms with Crippen molar-refractivity contribution in [2.24, 2.45) is 0 Å². The minimum atomic E-state index is -0.0140. The van der Waals surface area contributed by atoms with Crippen LogP contribution in [0.3, 0.4) is 0 Å². The summed E-state index contributed by atoms with van der Waals surface area (Å²) < 4.78 is 5.11. The fraction of sp³-hybridized carbons (Fsp3) is 0.500. The molecule has 2 rings (SSSR count). The zero-order valence-corrected chi connectivity index (χ0v) is 8.92. The number of Topliss-reactive ketones (excluding diaryl/α,β-unsaturated/α-hetero) is 1. The van der Waals surface area contributed by atoms with Crippen LogP contribution in [-0.4, -0.2) is 41.8 Å². The van der Waals surface area contributed by atoms with Gasteiger partial charge in [-0.05, 0) is 19.2 Å². The lowest BCUT2D eigenvalue weighted by Crippen LogP contribution is -2.44. The summed E-state index contributed by atoms with van der Waals surface area (Å²) in [5, 5.41) is 0. The Labute approximate surface area is 87.5 Å². The summed E-state index contributed by atoms with van der Waals surface area (Å²) in [6, 6.07) is 3.47. The van der Waals surface area contributed by atoms with Gasteiger partial charge < -0.3 is 4.42 Å². The lowest BCUT2D eigenvalue weighted by atomic mass is 10.1. The van der Waals surface area contributed by atoms with E-state index in [4.69, 9.17) is 4.42 Å². The zero-order valence-electron chi connectivity index (χ0n) is 8.10. The van der Waals surface area contributed by atoms with E-state index in [1.807, 2.05) is 18.8 Å². The van der Waals surface area contributed by atoms with Crippen LogP contribution in [0, 0.1) is 0 Å². The lowest BCUT2D eigenvalue weighted by molar-refractivity contribution is 0.0846. The van der Waals surface area contributed by atoms with Crippen LogP contribution in [0.5, 0.6) is 0 Å². The first-order chi connectivity index (χ1) is 6.79. The number of hydrogen-bond donors (Lipinski definition) is 0. The molecule has 2 heterocycles. The summed E-state index contributed by atoms with van der Waals surface area (Å²) in [7, 11) is 1.99. The molecule has 0 saturated carbocycles. The first-order valence-corrected chi connectivity index (χ1v) is 5.80. The number of furan rings is 1. The highest BCUT2D eigenvalue weighted by Gasteiger charge is 2.28. The fourth-order valence-corrected chi connectivity index (χ4v) is 2.76. The van der Waals surface area contributed by atoms with Gasteiger partial charge in [-0.2, -0.15) is 11.8 Å². The molecule has 1 unspecified atom stereocenters. The Morgan fingerprint density at radius 2 is 2.57 bits per heavy atom. The van der Waals surface area contributed by atoms with Gasteiger partial charge in [-0.15, -0.1) is 0 Å². The highest BCUT2D eigenvalue weighted by molar-refractivity contribution is 7.99. The van der Waals surface area contributed by atoms with Crippen molar-refractivity contribution < 1.29 is 9.21 Å². The Balaban J connectivity index is 2.10. The largest absolute Gasteiger partial charge is 0.461 e. The van der Waals surface area contributed by atoms with Crippen LogP contribution in [0.1, 0.15) is 10.6 Å². The van der Waals surface area contributed by atoms with Crippen LogP contribution in [0.2, 0.25) is 0 Å². The first kappa shape index (κ1) is 9.80. The molecule has 0 aliphatic carbocycles. The maximum atomic E-state index is 11.9. The summed E-state index contributed by atoms with van der Waals surface area (Å²) in [5.41, 5.74) is 0. The van der Waals surface area contributed by atoms with E-state index in [-0.39, 0.29) is 11.8 Å². The number of carbonyl (C=O) groups excluding carboxylic acids is 1. The second-order valence-corrected chi connectivity index (χ2v) is 4.56. The van der Waals surface area contributed by atoms with Gasteiger partial charge in [0, 0.05) is 18.1 Å². The summed E-state index contributed by atoms with van der Waals surface area (Å²) >= 11 is 1.83. The van der Waals surface area contributed by atoms with Crippen molar-refractivity contribution in [2.75, 3.05) is 25.1 Å². The summed E-state index contributed by atoms with van der Waals surface area (Å²) in [6.07, 6.45) is 1.54. The third-order valence-electron chi connectivity index (χ3n) is 2.46. The molecular weight excluding hydrogens is 198 g/mol. The van der Waals surface area contributed by atoms with Gasteiger partial charge in [0.1, 0.15) is 0 Å². The first-order valence-electron chi connectivity index (χ1n) is 4.65. The maximum Gasteiger partial charge on any atom is 0.215 e. The van der Waals surface area contributed by atoms with Gasteiger partial charge in [0.05, 0.1) is 12.3 Å². The second-order valence-electron chi connectivity index (χ2n) is 3.41. The predicted molar refractivity (Wildman–Crippen MR) is 56.8 cm³/mol. The molecule has 0 aromatic carbocycles. The number of ketones is 1. The van der Waals surface area contributed by atoms with Crippen molar-refractivity contribution >= 4 is 17.5 Å². The molecular formula is C10H13NO2S. The molecule has 0 radical (unpaired) electrons. The van der Waals surface area contributed by atoms with Gasteiger partial charge in [0.15, 0.2) is 5.76 Å². The monoisotopic (exact) mass is 211 g/mol. The number of nitrogens with zero attached hydrogens (tertiary/aromatic N) is 1. The average molecular weight is 211 g/mol. The molecule has 14 heavy (non-hydrogen) atoms. The van der Waals surface area contributed by atoms with Gasteiger partial charge in [-0.25, -0.2) is 0 Å². The van der Waals surface area contributed by atoms with Crippen LogP contribution >= 0.6 is 11.8 Å². The Morgan fingerprint density at radius 1 is 1.71 bits per heavy atom. The van der Waals surface area contributed by atoms with Gasteiger partial charge in [-0.3, -0.25) is 9.69 Å². The normalized spacial score (nSPS) is 23.6. The van der Waals surface area contributed by atoms with E-state index in [9.17, 15) is 4.79 Å². The molecule has 0 amide bonds. The summed E-state index contributed by atoms with van der Waals surface area (Å²) in [4.78, 5) is 14.0. The average Bonchev–Trinajstić information content (AvgIpc) is 2.70. The predicted octanol–water partition coefficient (Wildman–Crippen LogP) is 1.51. The number of thioether (sulfide) groups is 1. The molecule has 1 fully saturated rings. The highest BCUT2D eigenvalue weighted by atomic mass is 32.2. The Hall–Kier alpha value is -0.740. The van der Waals surface area contributed by atoms with Crippen LogP contribution < -0.4 is 0 Å². The molecule has 0 N–H and O–H groups in total. The number of rotatable bonds is 2. The van der Waals surface area contributed by atoms with Crippen LogP contribution in [-0.2, 0) is 0 Å². The topological polar surface area (TPSA) is 33.5 Å². The van der Waals surface area contributed by atoms with Gasteiger partial charge in [0.25, 0.3) is 0 Å². The Kier molecular flexibility index (Phi) is 2.93. The van der Waals surface area contributed by atoms with E-state index in [0.717, 1.165) is 18.1 Å². The standard InChI is InChI=1S/C10H13NO2S/c1-11-4-6-14-7-8(11)10(12)9-3-2-5-13-9/h2-3,5,8H,4,6-7H2,1H3. The smallest absolute Gasteiger partial charge is 0.215 e. The van der Waals surface area contributed by atoms with Crippen molar-refractivity contribution in [3.05, 3.63) is 24.2 Å². The lowest BCUT2D eigenvalue weighted by Gasteiger charge is -2.30. The van der Waals surface area contributed by atoms with Crippen LogP contribution in [0.15, 0.2) is 22.8 Å². The van der Waals surface area contributed by atoms with E-state index in [0.29, 0.717) is 5.76 Å². The van der Waals surface area contributed by atoms with E-state index in [1.165, 1.54) is 0 Å². The van der Waals surface area contributed by atoms with Crippen molar-refractivity contribution in [1.29, 1.82) is 0 Å².